The van der Waals surface area contributed by atoms with Gasteiger partial charge in [-0.05, 0) is 18.8 Å². The van der Waals surface area contributed by atoms with E-state index in [9.17, 15) is 0 Å². The second-order valence-electron chi connectivity index (χ2n) is 6.87. The lowest BCUT2D eigenvalue weighted by Gasteiger charge is -2.25. The molecule has 0 spiro atoms. The molecule has 0 atom stereocenters. The Morgan fingerprint density at radius 3 is 2.39 bits per heavy atom. The summed E-state index contributed by atoms with van der Waals surface area (Å²) in [6.07, 6.45) is 9.94. The number of hydrogen-bond acceptors (Lipinski definition) is 7. The van der Waals surface area contributed by atoms with Crippen LogP contribution in [0.5, 0.6) is 11.6 Å². The highest BCUT2D eigenvalue weighted by atomic mass is 19.1. The molecule has 3 aromatic rings. The summed E-state index contributed by atoms with van der Waals surface area (Å²) in [6.45, 7) is 0. The van der Waals surface area contributed by atoms with E-state index >= 15 is 4.39 Å². The van der Waals surface area contributed by atoms with E-state index in [1.165, 1.54) is 25.0 Å². The number of hydrogen-bond donors (Lipinski definition) is 2. The second-order valence-corrected chi connectivity index (χ2v) is 6.87. The first kappa shape index (κ1) is 18.1. The van der Waals surface area contributed by atoms with E-state index < -0.39 is 5.82 Å². The van der Waals surface area contributed by atoms with Crippen molar-refractivity contribution in [2.45, 2.75) is 38.0 Å². The lowest BCUT2D eigenvalue weighted by molar-refractivity contribution is 0.394. The molecular formula is C20H21FN6O. The van der Waals surface area contributed by atoms with Gasteiger partial charge in [-0.2, -0.15) is 4.98 Å². The fraction of sp³-hybridized carbons (Fsp3) is 0.300. The normalized spacial score (nSPS) is 14.8. The van der Waals surface area contributed by atoms with E-state index in [0.717, 1.165) is 31.2 Å². The van der Waals surface area contributed by atoms with E-state index in [1.54, 1.807) is 12.1 Å². The molecule has 1 aliphatic carbocycles. The maximum atomic E-state index is 15.6. The summed E-state index contributed by atoms with van der Waals surface area (Å²) in [5, 5.41) is 0. The number of nitrogens with two attached hydrogens (primary N) is 2. The first-order valence-electron chi connectivity index (χ1n) is 9.28. The molecule has 1 aliphatic rings. The number of aromatic nitrogens is 4. The Bertz CT molecular complexity index is 973. The molecule has 7 nitrogen and oxygen atoms in total. The minimum Gasteiger partial charge on any atom is -0.435 e. The Labute approximate surface area is 162 Å². The summed E-state index contributed by atoms with van der Waals surface area (Å²) >= 11 is 0. The summed E-state index contributed by atoms with van der Waals surface area (Å²) < 4.78 is 21.5. The molecule has 0 saturated heterocycles. The van der Waals surface area contributed by atoms with Gasteiger partial charge in [0.25, 0.3) is 0 Å². The Kier molecular flexibility index (Phi) is 5.01. The quantitative estimate of drug-likeness (QED) is 0.701. The Hall–Kier alpha value is -3.29. The minimum atomic E-state index is -0.478. The summed E-state index contributed by atoms with van der Waals surface area (Å²) in [7, 11) is 0. The predicted octanol–water partition coefficient (Wildman–Crippen LogP) is 4.08. The number of nitrogens with zero attached hydrogens (tertiary/aromatic N) is 4. The Morgan fingerprint density at radius 1 is 0.929 bits per heavy atom. The lowest BCUT2D eigenvalue weighted by atomic mass is 9.83. The van der Waals surface area contributed by atoms with Crippen LogP contribution in [0.15, 0.2) is 36.8 Å². The number of halogens is 1. The van der Waals surface area contributed by atoms with Crippen molar-refractivity contribution in [3.8, 4) is 22.8 Å². The van der Waals surface area contributed by atoms with Crippen LogP contribution in [0.3, 0.4) is 0 Å². The van der Waals surface area contributed by atoms with Crippen LogP contribution in [0.25, 0.3) is 11.1 Å². The molecule has 0 bridgehead atoms. The average Bonchev–Trinajstić information content (AvgIpc) is 2.71. The topological polar surface area (TPSA) is 113 Å². The van der Waals surface area contributed by atoms with Crippen LogP contribution in [0.1, 0.15) is 43.6 Å². The van der Waals surface area contributed by atoms with Crippen LogP contribution in [-0.4, -0.2) is 19.9 Å². The maximum Gasteiger partial charge on any atom is 0.224 e. The van der Waals surface area contributed by atoms with Gasteiger partial charge in [-0.15, -0.1) is 0 Å². The van der Waals surface area contributed by atoms with E-state index in [0.29, 0.717) is 11.1 Å². The predicted molar refractivity (Wildman–Crippen MR) is 104 cm³/mol. The van der Waals surface area contributed by atoms with Gasteiger partial charge in [-0.3, -0.25) is 0 Å². The second kappa shape index (κ2) is 7.75. The van der Waals surface area contributed by atoms with Crippen LogP contribution >= 0.6 is 0 Å². The van der Waals surface area contributed by atoms with Crippen molar-refractivity contribution >= 4 is 11.9 Å². The summed E-state index contributed by atoms with van der Waals surface area (Å²) in [5.41, 5.74) is 12.9. The summed E-state index contributed by atoms with van der Waals surface area (Å²) in [5.74, 6) is 0.340. The summed E-state index contributed by atoms with van der Waals surface area (Å²) in [6, 6.07) is 5.22. The van der Waals surface area contributed by atoms with Gasteiger partial charge in [0.15, 0.2) is 11.6 Å². The van der Waals surface area contributed by atoms with Gasteiger partial charge >= 0.3 is 0 Å². The molecule has 2 aromatic heterocycles. The molecule has 2 heterocycles. The van der Waals surface area contributed by atoms with Crippen molar-refractivity contribution < 1.29 is 9.13 Å². The zero-order chi connectivity index (χ0) is 19.5. The van der Waals surface area contributed by atoms with Crippen molar-refractivity contribution in [1.29, 1.82) is 0 Å². The highest BCUT2D eigenvalue weighted by Crippen LogP contribution is 2.42. The zero-order valence-electron chi connectivity index (χ0n) is 15.3. The highest BCUT2D eigenvalue weighted by Gasteiger charge is 2.25. The standard InChI is InChI=1S/C20H21FN6O/c21-17-14(13-10-25-19(22)26-11-13)6-7-15(12-4-2-1-3-5-12)18(17)28-16-8-9-24-20(23)27-16/h6-12H,1-5H2,(H2,22,25,26)(H2,23,24,27). The van der Waals surface area contributed by atoms with Crippen molar-refractivity contribution in [3.05, 3.63) is 48.2 Å². The molecule has 8 heteroatoms. The molecule has 4 N–H and O–H groups in total. The molecule has 1 fully saturated rings. The lowest BCUT2D eigenvalue weighted by Crippen LogP contribution is -2.08. The molecular weight excluding hydrogens is 359 g/mol. The third kappa shape index (κ3) is 3.71. The van der Waals surface area contributed by atoms with E-state index in [2.05, 4.69) is 19.9 Å². The molecule has 1 aromatic carbocycles. The fourth-order valence-corrected chi connectivity index (χ4v) is 3.63. The number of benzene rings is 1. The summed E-state index contributed by atoms with van der Waals surface area (Å²) in [4.78, 5) is 15.8. The molecule has 4 rings (SSSR count). The smallest absolute Gasteiger partial charge is 0.224 e. The van der Waals surface area contributed by atoms with Crippen molar-refractivity contribution in [2.24, 2.45) is 0 Å². The van der Waals surface area contributed by atoms with Gasteiger partial charge in [-0.1, -0.05) is 31.4 Å². The molecule has 144 valence electrons. The Morgan fingerprint density at radius 2 is 1.68 bits per heavy atom. The van der Waals surface area contributed by atoms with E-state index in [4.69, 9.17) is 16.2 Å². The first-order chi connectivity index (χ1) is 13.6. The monoisotopic (exact) mass is 380 g/mol. The van der Waals surface area contributed by atoms with Crippen molar-refractivity contribution in [3.63, 3.8) is 0 Å². The minimum absolute atomic E-state index is 0.0696. The fourth-order valence-electron chi connectivity index (χ4n) is 3.63. The van der Waals surface area contributed by atoms with Crippen LogP contribution in [0, 0.1) is 5.82 Å². The zero-order valence-corrected chi connectivity index (χ0v) is 15.3. The van der Waals surface area contributed by atoms with Gasteiger partial charge in [0, 0.05) is 41.3 Å². The van der Waals surface area contributed by atoms with E-state index in [1.807, 2.05) is 6.07 Å². The van der Waals surface area contributed by atoms with Crippen LogP contribution in [-0.2, 0) is 0 Å². The molecule has 0 amide bonds. The van der Waals surface area contributed by atoms with E-state index in [-0.39, 0.29) is 29.4 Å². The maximum absolute atomic E-state index is 15.6. The molecule has 0 unspecified atom stereocenters. The number of anilines is 2. The van der Waals surface area contributed by atoms with Crippen LogP contribution in [0.4, 0.5) is 16.3 Å². The first-order valence-corrected chi connectivity index (χ1v) is 9.28. The van der Waals surface area contributed by atoms with Gasteiger partial charge in [0.05, 0.1) is 0 Å². The van der Waals surface area contributed by atoms with Gasteiger partial charge < -0.3 is 16.2 Å². The third-order valence-corrected chi connectivity index (χ3v) is 5.01. The van der Waals surface area contributed by atoms with Crippen LogP contribution in [0.2, 0.25) is 0 Å². The highest BCUT2D eigenvalue weighted by molar-refractivity contribution is 5.66. The van der Waals surface area contributed by atoms with Crippen molar-refractivity contribution in [1.82, 2.24) is 19.9 Å². The van der Waals surface area contributed by atoms with Crippen molar-refractivity contribution in [2.75, 3.05) is 11.5 Å². The average molecular weight is 380 g/mol. The third-order valence-electron chi connectivity index (χ3n) is 5.01. The van der Waals surface area contributed by atoms with Gasteiger partial charge in [0.1, 0.15) is 0 Å². The SMILES string of the molecule is Nc1ncc(-c2ccc(C3CCCCC3)c(Oc3ccnc(N)n3)c2F)cn1. The molecule has 1 saturated carbocycles. The van der Waals surface area contributed by atoms with Crippen LogP contribution < -0.4 is 16.2 Å². The molecule has 0 aliphatic heterocycles. The van der Waals surface area contributed by atoms with Gasteiger partial charge in [-0.25, -0.2) is 19.3 Å². The van der Waals surface area contributed by atoms with Gasteiger partial charge in [0.2, 0.25) is 17.8 Å². The Balaban J connectivity index is 1.80. The molecule has 28 heavy (non-hydrogen) atoms. The number of ether oxygens (including phenoxy) is 1. The largest absolute Gasteiger partial charge is 0.435 e. The number of nitrogen functional groups attached to an aromatic ring is 2. The number of rotatable bonds is 4. The molecule has 0 radical (unpaired) electrons.